The van der Waals surface area contributed by atoms with E-state index in [-0.39, 0.29) is 33.6 Å². The summed E-state index contributed by atoms with van der Waals surface area (Å²) in [6.45, 7) is 1.78. The van der Waals surface area contributed by atoms with E-state index in [1.807, 2.05) is 6.92 Å². The smallest absolute Gasteiger partial charge is 0.328 e. The maximum Gasteiger partial charge on any atom is 0.328 e. The minimum Gasteiger partial charge on any atom is -0.480 e. The number of carboxylic acid groups (broad SMARTS) is 1. The summed E-state index contributed by atoms with van der Waals surface area (Å²) in [6.07, 6.45) is 6.17. The number of urea groups is 1. The van der Waals surface area contributed by atoms with Crippen molar-refractivity contribution < 1.29 is 19.5 Å². The molecule has 4 fully saturated rings. The first-order valence-corrected chi connectivity index (χ1v) is 11.5. The van der Waals surface area contributed by atoms with Crippen molar-refractivity contribution >= 4 is 41.1 Å². The molecule has 31 heavy (non-hydrogen) atoms. The number of aliphatic carboxylic acids is 1. The van der Waals surface area contributed by atoms with Gasteiger partial charge in [0.2, 0.25) is 0 Å². The van der Waals surface area contributed by atoms with Crippen molar-refractivity contribution in [2.75, 3.05) is 6.54 Å². The summed E-state index contributed by atoms with van der Waals surface area (Å²) < 4.78 is 0. The number of nitrogens with one attached hydrogen (secondary N) is 3. The van der Waals surface area contributed by atoms with Crippen LogP contribution in [0.5, 0.6) is 0 Å². The summed E-state index contributed by atoms with van der Waals surface area (Å²) in [6, 6.07) is 2.84. The van der Waals surface area contributed by atoms with Gasteiger partial charge in [0, 0.05) is 6.04 Å². The van der Waals surface area contributed by atoms with Crippen LogP contribution >= 0.6 is 23.2 Å². The molecule has 0 heterocycles. The third kappa shape index (κ3) is 4.35. The van der Waals surface area contributed by atoms with Crippen molar-refractivity contribution in [2.45, 2.75) is 51.1 Å². The number of carbonyl (C=O) groups is 3. The highest BCUT2D eigenvalue weighted by atomic mass is 35.5. The Balaban J connectivity index is 1.32. The van der Waals surface area contributed by atoms with E-state index in [0.717, 1.165) is 24.2 Å². The molecule has 4 aliphatic rings. The molecule has 0 saturated heterocycles. The van der Waals surface area contributed by atoms with Crippen LogP contribution in [0.2, 0.25) is 10.0 Å². The van der Waals surface area contributed by atoms with Gasteiger partial charge in [-0.05, 0) is 74.3 Å². The highest BCUT2D eigenvalue weighted by Gasteiger charge is 2.57. The van der Waals surface area contributed by atoms with Crippen LogP contribution in [0.15, 0.2) is 18.2 Å². The minimum absolute atomic E-state index is 0.000841. The number of hydrogen-bond donors (Lipinski definition) is 4. The van der Waals surface area contributed by atoms with Gasteiger partial charge >= 0.3 is 12.0 Å². The second kappa shape index (κ2) is 8.51. The molecular formula is C22H27Cl2N3O4. The van der Waals surface area contributed by atoms with E-state index in [1.165, 1.54) is 37.8 Å². The van der Waals surface area contributed by atoms with E-state index in [4.69, 9.17) is 23.2 Å². The zero-order valence-electron chi connectivity index (χ0n) is 17.3. The van der Waals surface area contributed by atoms with Crippen LogP contribution in [0.25, 0.3) is 0 Å². The molecule has 3 amide bonds. The molecule has 0 aliphatic heterocycles. The molecule has 5 rings (SSSR count). The summed E-state index contributed by atoms with van der Waals surface area (Å²) in [5.41, 5.74) is 0.163. The van der Waals surface area contributed by atoms with E-state index < -0.39 is 23.9 Å². The molecule has 0 radical (unpaired) electrons. The number of carboxylic acids is 1. The summed E-state index contributed by atoms with van der Waals surface area (Å²) in [7, 11) is 0. The Hall–Kier alpha value is -1.99. The van der Waals surface area contributed by atoms with Crippen molar-refractivity contribution in [3.63, 3.8) is 0 Å². The molecule has 4 aliphatic carbocycles. The van der Waals surface area contributed by atoms with Gasteiger partial charge in [0.1, 0.15) is 6.04 Å². The third-order valence-electron chi connectivity index (χ3n) is 7.50. The van der Waals surface area contributed by atoms with Gasteiger partial charge in [0.15, 0.2) is 0 Å². The fourth-order valence-electron chi connectivity index (χ4n) is 6.14. The molecule has 3 unspecified atom stereocenters. The topological polar surface area (TPSA) is 108 Å². The fourth-order valence-corrected chi connectivity index (χ4v) is 6.71. The second-order valence-electron chi connectivity index (χ2n) is 9.37. The lowest BCUT2D eigenvalue weighted by Crippen LogP contribution is -2.54. The minimum atomic E-state index is -1.32. The van der Waals surface area contributed by atoms with Gasteiger partial charge in [0.25, 0.3) is 5.91 Å². The van der Waals surface area contributed by atoms with E-state index in [2.05, 4.69) is 16.0 Å². The van der Waals surface area contributed by atoms with Crippen LogP contribution in [-0.4, -0.2) is 41.6 Å². The fraction of sp³-hybridized carbons (Fsp3) is 0.591. The molecule has 4 saturated carbocycles. The van der Waals surface area contributed by atoms with Crippen LogP contribution in [0.4, 0.5) is 4.79 Å². The predicted molar refractivity (Wildman–Crippen MR) is 117 cm³/mol. The molecule has 9 heteroatoms. The zero-order valence-corrected chi connectivity index (χ0v) is 18.8. The number of amides is 3. The molecule has 0 spiro atoms. The monoisotopic (exact) mass is 467 g/mol. The predicted octanol–water partition coefficient (Wildman–Crippen LogP) is 3.69. The molecule has 1 aromatic carbocycles. The first kappa shape index (κ1) is 22.2. The molecule has 1 aromatic rings. The Kier molecular flexibility index (Phi) is 6.10. The Labute approximate surface area is 191 Å². The Morgan fingerprint density at radius 1 is 1.10 bits per heavy atom. The zero-order chi connectivity index (χ0) is 22.3. The average molecular weight is 468 g/mol. The Morgan fingerprint density at radius 2 is 1.71 bits per heavy atom. The van der Waals surface area contributed by atoms with Crippen LogP contribution in [-0.2, 0) is 4.79 Å². The molecule has 4 atom stereocenters. The maximum atomic E-state index is 12.5. The maximum absolute atomic E-state index is 12.5. The van der Waals surface area contributed by atoms with Gasteiger partial charge in [-0.3, -0.25) is 4.79 Å². The number of rotatable bonds is 7. The van der Waals surface area contributed by atoms with Crippen molar-refractivity contribution in [1.29, 1.82) is 0 Å². The quantitative estimate of drug-likeness (QED) is 0.490. The average Bonchev–Trinajstić information content (AvgIpc) is 3.11. The van der Waals surface area contributed by atoms with Gasteiger partial charge in [-0.2, -0.15) is 0 Å². The molecule has 4 N–H and O–H groups in total. The summed E-state index contributed by atoms with van der Waals surface area (Å²) >= 11 is 12.0. The molecule has 168 valence electrons. The SMILES string of the molecule is CC(NC(=O)NC[C@H](NC(=O)c1c(Cl)cccc1Cl)C(=O)O)C12CC3CC(C1)C(C3)C2. The largest absolute Gasteiger partial charge is 0.480 e. The van der Waals surface area contributed by atoms with E-state index in [0.29, 0.717) is 0 Å². The Morgan fingerprint density at radius 3 is 2.26 bits per heavy atom. The lowest BCUT2D eigenvalue weighted by Gasteiger charge is -2.43. The van der Waals surface area contributed by atoms with E-state index in [1.54, 1.807) is 6.07 Å². The van der Waals surface area contributed by atoms with Crippen LogP contribution in [0, 0.1) is 23.2 Å². The van der Waals surface area contributed by atoms with E-state index in [9.17, 15) is 19.5 Å². The molecular weight excluding hydrogens is 441 g/mol. The van der Waals surface area contributed by atoms with Gasteiger partial charge in [-0.1, -0.05) is 29.3 Å². The molecule has 4 bridgehead atoms. The highest BCUT2D eigenvalue weighted by molar-refractivity contribution is 6.39. The number of benzene rings is 1. The summed E-state index contributed by atoms with van der Waals surface area (Å²) in [5, 5.41) is 17.7. The normalized spacial score (nSPS) is 30.0. The first-order valence-electron chi connectivity index (χ1n) is 10.7. The molecule has 0 aromatic heterocycles. The lowest BCUT2D eigenvalue weighted by molar-refractivity contribution is -0.139. The number of hydrogen-bond acceptors (Lipinski definition) is 3. The van der Waals surface area contributed by atoms with Crippen molar-refractivity contribution in [1.82, 2.24) is 16.0 Å². The van der Waals surface area contributed by atoms with Crippen LogP contribution < -0.4 is 16.0 Å². The van der Waals surface area contributed by atoms with Gasteiger partial charge in [0.05, 0.1) is 22.2 Å². The van der Waals surface area contributed by atoms with E-state index >= 15 is 0 Å². The van der Waals surface area contributed by atoms with Crippen molar-refractivity contribution in [3.05, 3.63) is 33.8 Å². The first-order chi connectivity index (χ1) is 14.7. The number of halogens is 2. The van der Waals surface area contributed by atoms with Gasteiger partial charge in [-0.25, -0.2) is 9.59 Å². The van der Waals surface area contributed by atoms with Gasteiger partial charge < -0.3 is 21.1 Å². The van der Waals surface area contributed by atoms with Crippen molar-refractivity contribution in [3.8, 4) is 0 Å². The molecule has 7 nitrogen and oxygen atoms in total. The lowest BCUT2D eigenvalue weighted by atomic mass is 9.66. The van der Waals surface area contributed by atoms with Crippen molar-refractivity contribution in [2.24, 2.45) is 23.2 Å². The van der Waals surface area contributed by atoms with Crippen LogP contribution in [0.1, 0.15) is 49.4 Å². The Bertz CT molecular complexity index is 869. The van der Waals surface area contributed by atoms with Gasteiger partial charge in [-0.15, -0.1) is 0 Å². The number of carbonyl (C=O) groups excluding carboxylic acids is 2. The summed E-state index contributed by atoms with van der Waals surface area (Å²) in [5.74, 6) is 0.405. The summed E-state index contributed by atoms with van der Waals surface area (Å²) in [4.78, 5) is 36.6. The second-order valence-corrected chi connectivity index (χ2v) is 10.2. The third-order valence-corrected chi connectivity index (χ3v) is 8.13. The highest BCUT2D eigenvalue weighted by Crippen LogP contribution is 2.65. The standard InChI is InChI=1S/C22H27Cl2N3O4/c1-11(22-7-12-5-13(8-22)14(6-12)9-22)26-21(31)25-10-17(20(29)30)27-19(28)18-15(23)3-2-4-16(18)24/h2-4,11-14,17H,5-10H2,1H3,(H,27,28)(H,29,30)(H2,25,26,31)/t11?,12?,13?,14?,17-,22?/m0/s1. The van der Waals surface area contributed by atoms with Crippen LogP contribution in [0.3, 0.4) is 0 Å².